The maximum atomic E-state index is 13.2. The molecule has 0 spiro atoms. The number of hydrogen-bond donors (Lipinski definition) is 1. The molecule has 0 fully saturated rings. The van der Waals surface area contributed by atoms with Gasteiger partial charge < -0.3 is 5.11 Å². The maximum absolute atomic E-state index is 13.2. The van der Waals surface area contributed by atoms with Crippen LogP contribution in [-0.2, 0) is 6.54 Å². The van der Waals surface area contributed by atoms with E-state index in [9.17, 15) is 9.18 Å². The second-order valence-corrected chi connectivity index (χ2v) is 3.58. The molecule has 0 saturated heterocycles. The smallest absolute Gasteiger partial charge is 0.359 e. The fourth-order valence-corrected chi connectivity index (χ4v) is 1.48. The average molecular weight is 235 g/mol. The lowest BCUT2D eigenvalue weighted by atomic mass is 10.2. The Bertz CT molecular complexity index is 566. The number of pyridine rings is 1. The molecule has 5 nitrogen and oxygen atoms in total. The molecule has 2 heterocycles. The average Bonchev–Trinajstić information content (AvgIpc) is 2.63. The first-order valence-corrected chi connectivity index (χ1v) is 4.94. The number of nitrogens with zero attached hydrogens (tertiary/aromatic N) is 3. The van der Waals surface area contributed by atoms with E-state index in [1.54, 1.807) is 12.3 Å². The Labute approximate surface area is 96.5 Å². The molecule has 0 atom stereocenters. The van der Waals surface area contributed by atoms with Crippen LogP contribution in [0.15, 0.2) is 24.5 Å². The van der Waals surface area contributed by atoms with Crippen molar-refractivity contribution in [2.45, 2.75) is 13.5 Å². The van der Waals surface area contributed by atoms with E-state index in [0.29, 0.717) is 6.54 Å². The van der Waals surface area contributed by atoms with E-state index in [2.05, 4.69) is 10.1 Å². The topological polar surface area (TPSA) is 68.0 Å². The highest BCUT2D eigenvalue weighted by Crippen LogP contribution is 2.09. The van der Waals surface area contributed by atoms with Gasteiger partial charge in [-0.1, -0.05) is 6.07 Å². The number of carboxylic acid groups (broad SMARTS) is 1. The molecule has 1 N–H and O–H groups in total. The Balaban J connectivity index is 2.28. The van der Waals surface area contributed by atoms with Crippen molar-refractivity contribution in [3.63, 3.8) is 0 Å². The second-order valence-electron chi connectivity index (χ2n) is 3.58. The lowest BCUT2D eigenvalue weighted by molar-refractivity contribution is 0.0684. The fraction of sp³-hybridized carbons (Fsp3) is 0.182. The molecule has 2 aromatic rings. The Hall–Kier alpha value is -2.24. The largest absolute Gasteiger partial charge is 0.476 e. The third kappa shape index (κ3) is 2.30. The van der Waals surface area contributed by atoms with Crippen LogP contribution < -0.4 is 0 Å². The zero-order chi connectivity index (χ0) is 12.4. The third-order valence-electron chi connectivity index (χ3n) is 2.37. The molecule has 17 heavy (non-hydrogen) atoms. The first-order valence-electron chi connectivity index (χ1n) is 4.94. The van der Waals surface area contributed by atoms with Crippen molar-refractivity contribution in [3.05, 3.63) is 47.3 Å². The van der Waals surface area contributed by atoms with Crippen molar-refractivity contribution in [1.29, 1.82) is 0 Å². The standard InChI is InChI=1S/C11H10FN3O2/c1-7-8(3-2-4-13-7)5-15-6-9(12)10(14-15)11(16)17/h2-4,6H,5H2,1H3,(H,16,17). The minimum Gasteiger partial charge on any atom is -0.476 e. The summed E-state index contributed by atoms with van der Waals surface area (Å²) >= 11 is 0. The van der Waals surface area contributed by atoms with Crippen LogP contribution >= 0.6 is 0 Å². The summed E-state index contributed by atoms with van der Waals surface area (Å²) in [6.45, 7) is 2.12. The monoisotopic (exact) mass is 235 g/mol. The van der Waals surface area contributed by atoms with E-state index in [-0.39, 0.29) is 0 Å². The van der Waals surface area contributed by atoms with E-state index in [1.807, 2.05) is 13.0 Å². The Morgan fingerprint density at radius 3 is 2.94 bits per heavy atom. The number of carbonyl (C=O) groups is 1. The molecule has 0 unspecified atom stereocenters. The number of rotatable bonds is 3. The van der Waals surface area contributed by atoms with Crippen LogP contribution in [-0.4, -0.2) is 25.8 Å². The van der Waals surface area contributed by atoms with Crippen LogP contribution in [0.3, 0.4) is 0 Å². The minimum atomic E-state index is -1.37. The van der Waals surface area contributed by atoms with Gasteiger partial charge in [0.05, 0.1) is 12.7 Å². The van der Waals surface area contributed by atoms with Gasteiger partial charge in [-0.3, -0.25) is 9.67 Å². The van der Waals surface area contributed by atoms with Crippen LogP contribution in [0, 0.1) is 12.7 Å². The highest BCUT2D eigenvalue weighted by Gasteiger charge is 2.15. The normalized spacial score (nSPS) is 10.5. The van der Waals surface area contributed by atoms with Gasteiger partial charge in [0.2, 0.25) is 5.69 Å². The van der Waals surface area contributed by atoms with Crippen molar-refractivity contribution in [2.24, 2.45) is 0 Å². The van der Waals surface area contributed by atoms with Crippen LogP contribution in [0.4, 0.5) is 4.39 Å². The maximum Gasteiger partial charge on any atom is 0.359 e. The van der Waals surface area contributed by atoms with E-state index >= 15 is 0 Å². The number of aryl methyl sites for hydroxylation is 1. The number of aromatic nitrogens is 3. The van der Waals surface area contributed by atoms with Crippen LogP contribution in [0.25, 0.3) is 0 Å². The molecule has 0 amide bonds. The number of halogens is 1. The molecule has 0 aromatic carbocycles. The molecular weight excluding hydrogens is 225 g/mol. The Morgan fingerprint density at radius 2 is 2.35 bits per heavy atom. The Morgan fingerprint density at radius 1 is 1.59 bits per heavy atom. The molecule has 0 radical (unpaired) electrons. The molecule has 2 aromatic heterocycles. The molecule has 0 aliphatic heterocycles. The van der Waals surface area contributed by atoms with Gasteiger partial charge >= 0.3 is 5.97 Å². The van der Waals surface area contributed by atoms with Gasteiger partial charge in [-0.15, -0.1) is 0 Å². The number of hydrogen-bond acceptors (Lipinski definition) is 3. The summed E-state index contributed by atoms with van der Waals surface area (Å²) in [5.74, 6) is -2.21. The van der Waals surface area contributed by atoms with Gasteiger partial charge in [0, 0.05) is 11.9 Å². The van der Waals surface area contributed by atoms with E-state index < -0.39 is 17.5 Å². The number of aromatic carboxylic acids is 1. The first kappa shape index (κ1) is 11.3. The summed E-state index contributed by atoms with van der Waals surface area (Å²) in [5.41, 5.74) is 1.11. The van der Waals surface area contributed by atoms with Crippen molar-refractivity contribution in [2.75, 3.05) is 0 Å². The van der Waals surface area contributed by atoms with Gasteiger partial charge in [0.25, 0.3) is 0 Å². The van der Waals surface area contributed by atoms with Crippen molar-refractivity contribution in [3.8, 4) is 0 Å². The second kappa shape index (κ2) is 4.32. The summed E-state index contributed by atoms with van der Waals surface area (Å²) in [5, 5.41) is 12.3. The summed E-state index contributed by atoms with van der Waals surface area (Å²) in [6, 6.07) is 3.60. The van der Waals surface area contributed by atoms with Gasteiger partial charge in [0.1, 0.15) is 0 Å². The lowest BCUT2D eigenvalue weighted by Crippen LogP contribution is -2.05. The fourth-order valence-electron chi connectivity index (χ4n) is 1.48. The molecular formula is C11H10FN3O2. The molecule has 0 aliphatic rings. The predicted molar refractivity (Wildman–Crippen MR) is 57.2 cm³/mol. The Kier molecular flexibility index (Phi) is 2.86. The van der Waals surface area contributed by atoms with Crippen molar-refractivity contribution >= 4 is 5.97 Å². The highest BCUT2D eigenvalue weighted by atomic mass is 19.1. The zero-order valence-corrected chi connectivity index (χ0v) is 9.09. The van der Waals surface area contributed by atoms with Crippen LogP contribution in [0.1, 0.15) is 21.7 Å². The highest BCUT2D eigenvalue weighted by molar-refractivity contribution is 5.85. The molecule has 2 rings (SSSR count). The summed E-state index contributed by atoms with van der Waals surface area (Å²) in [7, 11) is 0. The molecule has 88 valence electrons. The first-order chi connectivity index (χ1) is 8.08. The van der Waals surface area contributed by atoms with E-state index in [4.69, 9.17) is 5.11 Å². The van der Waals surface area contributed by atoms with Crippen molar-refractivity contribution < 1.29 is 14.3 Å². The molecule has 0 bridgehead atoms. The third-order valence-corrected chi connectivity index (χ3v) is 2.37. The van der Waals surface area contributed by atoms with Gasteiger partial charge in [-0.25, -0.2) is 9.18 Å². The lowest BCUT2D eigenvalue weighted by Gasteiger charge is -2.03. The van der Waals surface area contributed by atoms with Gasteiger partial charge in [0.15, 0.2) is 5.82 Å². The molecule has 0 saturated carbocycles. The SMILES string of the molecule is Cc1ncccc1Cn1cc(F)c(C(=O)O)n1. The quantitative estimate of drug-likeness (QED) is 0.874. The summed E-state index contributed by atoms with van der Waals surface area (Å²) in [4.78, 5) is 14.7. The van der Waals surface area contributed by atoms with Crippen LogP contribution in [0.2, 0.25) is 0 Å². The summed E-state index contributed by atoms with van der Waals surface area (Å²) < 4.78 is 14.4. The van der Waals surface area contributed by atoms with E-state index in [0.717, 1.165) is 17.5 Å². The van der Waals surface area contributed by atoms with Crippen molar-refractivity contribution in [1.82, 2.24) is 14.8 Å². The van der Waals surface area contributed by atoms with Gasteiger partial charge in [-0.05, 0) is 18.6 Å². The minimum absolute atomic E-state index is 0.296. The molecule has 6 heteroatoms. The summed E-state index contributed by atoms with van der Waals surface area (Å²) in [6.07, 6.45) is 2.72. The predicted octanol–water partition coefficient (Wildman–Crippen LogP) is 1.47. The number of carboxylic acids is 1. The van der Waals surface area contributed by atoms with E-state index in [1.165, 1.54) is 4.68 Å². The zero-order valence-electron chi connectivity index (χ0n) is 9.09. The van der Waals surface area contributed by atoms with Gasteiger partial charge in [-0.2, -0.15) is 5.10 Å². The van der Waals surface area contributed by atoms with Crippen LogP contribution in [0.5, 0.6) is 0 Å². The molecule has 0 aliphatic carbocycles.